The minimum absolute atomic E-state index is 0.277. The first-order chi connectivity index (χ1) is 8.56. The van der Waals surface area contributed by atoms with Gasteiger partial charge in [-0.2, -0.15) is 5.26 Å². The number of ether oxygens (including phenoxy) is 2. The van der Waals surface area contributed by atoms with Gasteiger partial charge in [-0.05, 0) is 7.05 Å². The Balaban J connectivity index is 2.42. The van der Waals surface area contributed by atoms with Crippen molar-refractivity contribution < 1.29 is 19.1 Å². The van der Waals surface area contributed by atoms with Gasteiger partial charge in [0.15, 0.2) is 0 Å². The lowest BCUT2D eigenvalue weighted by Crippen LogP contribution is -2.39. The first-order valence-corrected chi connectivity index (χ1v) is 5.56. The highest BCUT2D eigenvalue weighted by Crippen LogP contribution is 2.45. The molecule has 0 aromatic heterocycles. The van der Waals surface area contributed by atoms with Crippen LogP contribution in [0.4, 0.5) is 0 Å². The van der Waals surface area contributed by atoms with Gasteiger partial charge in [-0.25, -0.2) is 0 Å². The Hall–Kier alpha value is -1.87. The average Bonchev–Trinajstić information content (AvgIpc) is 2.86. The smallest absolute Gasteiger partial charge is 0.311 e. The zero-order chi connectivity index (χ0) is 13.4. The highest BCUT2D eigenvalue weighted by molar-refractivity contribution is 5.86. The number of fused-ring (bicyclic) bond motifs is 2. The van der Waals surface area contributed by atoms with Crippen LogP contribution < -0.4 is 0 Å². The molecule has 18 heavy (non-hydrogen) atoms. The summed E-state index contributed by atoms with van der Waals surface area (Å²) in [7, 11) is 4.35. The van der Waals surface area contributed by atoms with Gasteiger partial charge in [0.25, 0.3) is 0 Å². The van der Waals surface area contributed by atoms with Crippen molar-refractivity contribution in [3.63, 3.8) is 0 Å². The van der Waals surface area contributed by atoms with Gasteiger partial charge < -0.3 is 9.47 Å². The molecule has 4 atom stereocenters. The molecule has 2 aliphatic rings. The van der Waals surface area contributed by atoms with Crippen LogP contribution in [0.2, 0.25) is 0 Å². The van der Waals surface area contributed by atoms with Crippen LogP contribution in [-0.4, -0.2) is 50.2 Å². The minimum atomic E-state index is -0.669. The lowest BCUT2D eigenvalue weighted by molar-refractivity contribution is -0.156. The number of hydrogen-bond donors (Lipinski definition) is 0. The average molecular weight is 250 g/mol. The summed E-state index contributed by atoms with van der Waals surface area (Å²) in [5.74, 6) is -2.20. The lowest BCUT2D eigenvalue weighted by Gasteiger charge is -2.23. The van der Waals surface area contributed by atoms with E-state index in [0.29, 0.717) is 5.57 Å². The number of rotatable bonds is 2. The molecule has 0 aromatic carbocycles. The second-order valence-electron chi connectivity index (χ2n) is 4.43. The molecule has 6 nitrogen and oxygen atoms in total. The van der Waals surface area contributed by atoms with Crippen molar-refractivity contribution in [2.45, 2.75) is 12.1 Å². The zero-order valence-corrected chi connectivity index (χ0v) is 10.4. The summed E-state index contributed by atoms with van der Waals surface area (Å²) in [4.78, 5) is 25.5. The van der Waals surface area contributed by atoms with Gasteiger partial charge in [-0.3, -0.25) is 14.5 Å². The van der Waals surface area contributed by atoms with Gasteiger partial charge in [0.05, 0.1) is 38.2 Å². The van der Waals surface area contributed by atoms with Crippen LogP contribution in [0, 0.1) is 23.2 Å². The van der Waals surface area contributed by atoms with Crippen LogP contribution in [0.1, 0.15) is 0 Å². The summed E-state index contributed by atoms with van der Waals surface area (Å²) < 4.78 is 9.49. The quantitative estimate of drug-likeness (QED) is 0.627. The Kier molecular flexibility index (Phi) is 3.09. The molecular formula is C12H14N2O4. The van der Waals surface area contributed by atoms with E-state index in [1.54, 1.807) is 13.1 Å². The van der Waals surface area contributed by atoms with Crippen LogP contribution in [0.25, 0.3) is 0 Å². The van der Waals surface area contributed by atoms with Gasteiger partial charge >= 0.3 is 11.9 Å². The molecule has 0 unspecified atom stereocenters. The Morgan fingerprint density at radius 1 is 1.28 bits per heavy atom. The fourth-order valence-corrected chi connectivity index (χ4v) is 2.95. The van der Waals surface area contributed by atoms with E-state index in [1.165, 1.54) is 14.2 Å². The predicted molar refractivity (Wildman–Crippen MR) is 60.0 cm³/mol. The molecule has 2 bridgehead atoms. The van der Waals surface area contributed by atoms with Gasteiger partial charge in [-0.15, -0.1) is 0 Å². The molecule has 0 aliphatic carbocycles. The maximum absolute atomic E-state index is 11.8. The predicted octanol–water partition coefficient (Wildman–Crippen LogP) is -0.289. The molecule has 0 aromatic rings. The molecule has 0 radical (unpaired) electrons. The molecule has 2 rings (SSSR count). The summed E-state index contributed by atoms with van der Waals surface area (Å²) in [6.45, 7) is 0. The Morgan fingerprint density at radius 2 is 1.83 bits per heavy atom. The van der Waals surface area contributed by atoms with Crippen molar-refractivity contribution in [1.82, 2.24) is 4.90 Å². The van der Waals surface area contributed by atoms with E-state index in [4.69, 9.17) is 14.7 Å². The summed E-state index contributed by atoms with van der Waals surface area (Å²) >= 11 is 0. The van der Waals surface area contributed by atoms with Crippen molar-refractivity contribution in [2.24, 2.45) is 11.8 Å². The summed E-state index contributed by atoms with van der Waals surface area (Å²) in [6.07, 6.45) is 1.73. The first kappa shape index (κ1) is 12.6. The molecule has 1 saturated heterocycles. The molecular weight excluding hydrogens is 236 g/mol. The number of nitriles is 1. The normalized spacial score (nSPS) is 33.8. The Morgan fingerprint density at radius 3 is 2.33 bits per heavy atom. The molecule has 0 spiro atoms. The molecule has 0 amide bonds. The standard InChI is InChI=1S/C12H14N2O4/c1-14-7-4-6(5-13)10(14)9(12(16)18-3)8(7)11(15)17-2/h4,7-10H,1-3H3/t7-,8-,9-,10-/m1/s1. The Labute approximate surface area is 105 Å². The first-order valence-electron chi connectivity index (χ1n) is 5.56. The van der Waals surface area contributed by atoms with Crippen LogP contribution in [0.5, 0.6) is 0 Å². The maximum Gasteiger partial charge on any atom is 0.311 e. The highest BCUT2D eigenvalue weighted by atomic mass is 16.5. The zero-order valence-electron chi connectivity index (χ0n) is 10.4. The van der Waals surface area contributed by atoms with E-state index in [-0.39, 0.29) is 6.04 Å². The summed E-state index contributed by atoms with van der Waals surface area (Å²) in [5, 5.41) is 9.05. The van der Waals surface area contributed by atoms with Crippen molar-refractivity contribution in [1.29, 1.82) is 5.26 Å². The van der Waals surface area contributed by atoms with E-state index >= 15 is 0 Å². The van der Waals surface area contributed by atoms with Crippen LogP contribution in [0.3, 0.4) is 0 Å². The molecule has 96 valence electrons. The van der Waals surface area contributed by atoms with Crippen molar-refractivity contribution >= 4 is 11.9 Å². The highest BCUT2D eigenvalue weighted by Gasteiger charge is 2.59. The van der Waals surface area contributed by atoms with Gasteiger partial charge in [-0.1, -0.05) is 6.08 Å². The van der Waals surface area contributed by atoms with Crippen molar-refractivity contribution in [3.05, 3.63) is 11.6 Å². The van der Waals surface area contributed by atoms with E-state index in [1.807, 2.05) is 4.90 Å². The van der Waals surface area contributed by atoms with E-state index < -0.39 is 29.8 Å². The summed E-state index contributed by atoms with van der Waals surface area (Å²) in [5.41, 5.74) is 0.512. The van der Waals surface area contributed by atoms with E-state index in [2.05, 4.69) is 6.07 Å². The third-order valence-electron chi connectivity index (χ3n) is 3.75. The third-order valence-corrected chi connectivity index (χ3v) is 3.75. The Bertz CT molecular complexity index is 465. The number of carbonyl (C=O) groups excluding carboxylic acids is 2. The van der Waals surface area contributed by atoms with E-state index in [9.17, 15) is 9.59 Å². The second kappa shape index (κ2) is 4.42. The molecule has 2 aliphatic heterocycles. The number of esters is 2. The molecule has 0 N–H and O–H groups in total. The van der Waals surface area contributed by atoms with Crippen molar-refractivity contribution in [2.75, 3.05) is 21.3 Å². The van der Waals surface area contributed by atoms with Gasteiger partial charge in [0.2, 0.25) is 0 Å². The number of methoxy groups -OCH3 is 2. The minimum Gasteiger partial charge on any atom is -0.469 e. The molecule has 6 heteroatoms. The number of hydrogen-bond acceptors (Lipinski definition) is 6. The van der Waals surface area contributed by atoms with Gasteiger partial charge in [0, 0.05) is 11.6 Å². The molecule has 1 fully saturated rings. The van der Waals surface area contributed by atoms with Crippen molar-refractivity contribution in [3.8, 4) is 6.07 Å². The van der Waals surface area contributed by atoms with E-state index in [0.717, 1.165) is 0 Å². The van der Waals surface area contributed by atoms with Crippen LogP contribution in [0.15, 0.2) is 11.6 Å². The second-order valence-corrected chi connectivity index (χ2v) is 4.43. The fraction of sp³-hybridized carbons (Fsp3) is 0.583. The number of likely N-dealkylation sites (N-methyl/N-ethyl adjacent to an activating group) is 1. The summed E-state index contributed by atoms with van der Waals surface area (Å²) in [6, 6.07) is 1.40. The monoisotopic (exact) mass is 250 g/mol. The third kappa shape index (κ3) is 1.51. The largest absolute Gasteiger partial charge is 0.469 e. The number of nitrogens with zero attached hydrogens (tertiary/aromatic N) is 2. The molecule has 2 heterocycles. The topological polar surface area (TPSA) is 79.6 Å². The fourth-order valence-electron chi connectivity index (χ4n) is 2.95. The SMILES string of the molecule is COC(=O)[C@@H]1[C@H](C(=O)OC)[C@H]2C=C(C#N)[C@H]1N2C. The number of carbonyl (C=O) groups is 2. The lowest BCUT2D eigenvalue weighted by atomic mass is 9.80. The van der Waals surface area contributed by atoms with Gasteiger partial charge in [0.1, 0.15) is 0 Å². The molecule has 0 saturated carbocycles. The maximum atomic E-state index is 11.8. The van der Waals surface area contributed by atoms with Crippen LogP contribution in [-0.2, 0) is 19.1 Å². The van der Waals surface area contributed by atoms with Crippen LogP contribution >= 0.6 is 0 Å².